The third-order valence-electron chi connectivity index (χ3n) is 6.19. The standard InChI is InChI=1S/C23H19ClF4N4O3/c1-35-14-4-5-16(15(25)10-14)31-7-6-30(11-19(31)33)22(34)21-20(24)17-8-13(12-2-3-12)9-18(23(26,27)28)32(17)29-21/h4-5,8-10,12H,2-3,6-7,11H2,1H3. The van der Waals surface area contributed by atoms with Crippen LogP contribution in [-0.2, 0) is 11.0 Å². The van der Waals surface area contributed by atoms with E-state index < -0.39 is 36.0 Å². The lowest BCUT2D eigenvalue weighted by molar-refractivity contribution is -0.142. The Morgan fingerprint density at radius 1 is 1.17 bits per heavy atom. The van der Waals surface area contributed by atoms with E-state index in [1.165, 1.54) is 30.2 Å². The summed E-state index contributed by atoms with van der Waals surface area (Å²) < 4.78 is 61.2. The van der Waals surface area contributed by atoms with Gasteiger partial charge in [0.15, 0.2) is 11.5 Å². The molecule has 2 aromatic heterocycles. The van der Waals surface area contributed by atoms with E-state index in [0.29, 0.717) is 10.1 Å². The predicted molar refractivity (Wildman–Crippen MR) is 118 cm³/mol. The van der Waals surface area contributed by atoms with Crippen LogP contribution in [0.5, 0.6) is 5.75 Å². The number of pyridine rings is 1. The lowest BCUT2D eigenvalue weighted by Crippen LogP contribution is -2.52. The number of fused-ring (bicyclic) bond motifs is 1. The maximum absolute atomic E-state index is 14.4. The zero-order valence-corrected chi connectivity index (χ0v) is 19.2. The van der Waals surface area contributed by atoms with Gasteiger partial charge in [0.2, 0.25) is 5.91 Å². The van der Waals surface area contributed by atoms with Crippen molar-refractivity contribution in [1.82, 2.24) is 14.5 Å². The van der Waals surface area contributed by atoms with E-state index in [2.05, 4.69) is 5.10 Å². The number of piperazine rings is 1. The van der Waals surface area contributed by atoms with Gasteiger partial charge in [-0.1, -0.05) is 11.6 Å². The summed E-state index contributed by atoms with van der Waals surface area (Å²) in [7, 11) is 1.39. The largest absolute Gasteiger partial charge is 0.497 e. The third kappa shape index (κ3) is 4.18. The second-order valence-corrected chi connectivity index (χ2v) is 8.87. The van der Waals surface area contributed by atoms with Crippen molar-refractivity contribution in [3.05, 3.63) is 58.1 Å². The fraction of sp³-hybridized carbons (Fsp3) is 0.348. The van der Waals surface area contributed by atoms with Gasteiger partial charge in [0.05, 0.1) is 23.3 Å². The fourth-order valence-electron chi connectivity index (χ4n) is 4.21. The van der Waals surface area contributed by atoms with E-state index in [1.807, 2.05) is 0 Å². The number of hydrogen-bond acceptors (Lipinski definition) is 4. The molecule has 1 saturated carbocycles. The molecular weight excluding hydrogens is 492 g/mol. The second-order valence-electron chi connectivity index (χ2n) is 8.50. The molecule has 1 aromatic carbocycles. The van der Waals surface area contributed by atoms with Gasteiger partial charge < -0.3 is 14.5 Å². The smallest absolute Gasteiger partial charge is 0.433 e. The highest BCUT2D eigenvalue weighted by Crippen LogP contribution is 2.43. The third-order valence-corrected chi connectivity index (χ3v) is 6.56. The number of rotatable bonds is 4. The van der Waals surface area contributed by atoms with Gasteiger partial charge in [-0.25, -0.2) is 8.91 Å². The monoisotopic (exact) mass is 510 g/mol. The molecule has 0 unspecified atom stereocenters. The topological polar surface area (TPSA) is 67.2 Å². The number of carbonyl (C=O) groups excluding carboxylic acids is 2. The lowest BCUT2D eigenvalue weighted by Gasteiger charge is -2.34. The Kier molecular flexibility index (Phi) is 5.62. The van der Waals surface area contributed by atoms with Gasteiger partial charge in [0.25, 0.3) is 5.91 Å². The zero-order valence-electron chi connectivity index (χ0n) is 18.4. The van der Waals surface area contributed by atoms with E-state index in [-0.39, 0.29) is 46.7 Å². The Morgan fingerprint density at radius 2 is 1.91 bits per heavy atom. The molecule has 0 spiro atoms. The van der Waals surface area contributed by atoms with Gasteiger partial charge in [-0.2, -0.15) is 18.3 Å². The van der Waals surface area contributed by atoms with E-state index in [0.717, 1.165) is 29.9 Å². The molecule has 0 N–H and O–H groups in total. The summed E-state index contributed by atoms with van der Waals surface area (Å²) >= 11 is 6.35. The average Bonchev–Trinajstić information content (AvgIpc) is 3.61. The Balaban J connectivity index is 1.43. The van der Waals surface area contributed by atoms with Crippen molar-refractivity contribution in [3.8, 4) is 5.75 Å². The first-order chi connectivity index (χ1) is 16.6. The molecule has 3 aromatic rings. The highest BCUT2D eigenvalue weighted by Gasteiger charge is 2.39. The molecule has 35 heavy (non-hydrogen) atoms. The Hall–Kier alpha value is -3.34. The molecular formula is C23H19ClF4N4O3. The molecule has 2 aliphatic rings. The molecule has 7 nitrogen and oxygen atoms in total. The molecule has 0 radical (unpaired) electrons. The lowest BCUT2D eigenvalue weighted by atomic mass is 10.1. The van der Waals surface area contributed by atoms with Crippen molar-refractivity contribution in [1.29, 1.82) is 0 Å². The van der Waals surface area contributed by atoms with Gasteiger partial charge in [0, 0.05) is 19.2 Å². The van der Waals surface area contributed by atoms with Crippen LogP contribution in [0.1, 0.15) is 40.5 Å². The number of aromatic nitrogens is 2. The minimum absolute atomic E-state index is 0.0136. The summed E-state index contributed by atoms with van der Waals surface area (Å²) in [5.41, 5.74) is -0.875. The molecule has 2 amide bonds. The quantitative estimate of drug-likeness (QED) is 0.484. The van der Waals surface area contributed by atoms with Crippen LogP contribution in [0.3, 0.4) is 0 Å². The van der Waals surface area contributed by atoms with Crippen molar-refractivity contribution in [2.24, 2.45) is 0 Å². The van der Waals surface area contributed by atoms with E-state index in [1.54, 1.807) is 0 Å². The summed E-state index contributed by atoms with van der Waals surface area (Å²) in [4.78, 5) is 28.2. The number of carbonyl (C=O) groups is 2. The summed E-state index contributed by atoms with van der Waals surface area (Å²) in [6.45, 7) is -0.411. The van der Waals surface area contributed by atoms with Crippen LogP contribution >= 0.6 is 11.6 Å². The minimum atomic E-state index is -4.71. The van der Waals surface area contributed by atoms with Crippen LogP contribution in [0, 0.1) is 5.82 Å². The van der Waals surface area contributed by atoms with Crippen molar-refractivity contribution in [3.63, 3.8) is 0 Å². The van der Waals surface area contributed by atoms with Crippen LogP contribution in [0.15, 0.2) is 30.3 Å². The number of amides is 2. The number of anilines is 1. The van der Waals surface area contributed by atoms with Crippen molar-refractivity contribution < 1.29 is 31.9 Å². The van der Waals surface area contributed by atoms with E-state index >= 15 is 0 Å². The van der Waals surface area contributed by atoms with Crippen LogP contribution < -0.4 is 9.64 Å². The van der Waals surface area contributed by atoms with Gasteiger partial charge in [-0.3, -0.25) is 9.59 Å². The SMILES string of the molecule is COc1ccc(N2CCN(C(=O)c3nn4c(C(F)(F)F)cc(C5CC5)cc4c3Cl)CC2=O)c(F)c1. The second kappa shape index (κ2) is 8.40. The predicted octanol–water partition coefficient (Wildman–Crippen LogP) is 4.52. The Bertz CT molecular complexity index is 1350. The maximum atomic E-state index is 14.4. The minimum Gasteiger partial charge on any atom is -0.497 e. The number of methoxy groups -OCH3 is 1. The van der Waals surface area contributed by atoms with Gasteiger partial charge in [-0.05, 0) is 48.6 Å². The molecule has 1 aliphatic heterocycles. The maximum Gasteiger partial charge on any atom is 0.433 e. The van der Waals surface area contributed by atoms with Crippen molar-refractivity contribution in [2.75, 3.05) is 31.6 Å². The molecule has 1 aliphatic carbocycles. The summed E-state index contributed by atoms with van der Waals surface area (Å²) in [5.74, 6) is -1.68. The van der Waals surface area contributed by atoms with E-state index in [9.17, 15) is 27.2 Å². The van der Waals surface area contributed by atoms with Crippen molar-refractivity contribution in [2.45, 2.75) is 24.9 Å². The Morgan fingerprint density at radius 3 is 2.51 bits per heavy atom. The Labute approximate surface area is 201 Å². The van der Waals surface area contributed by atoms with Gasteiger partial charge >= 0.3 is 6.18 Å². The first-order valence-corrected chi connectivity index (χ1v) is 11.2. The van der Waals surface area contributed by atoms with E-state index in [4.69, 9.17) is 16.3 Å². The fourth-order valence-corrected chi connectivity index (χ4v) is 4.47. The molecule has 0 atom stereocenters. The molecule has 184 valence electrons. The highest BCUT2D eigenvalue weighted by molar-refractivity contribution is 6.36. The summed E-state index contributed by atoms with van der Waals surface area (Å²) in [6, 6.07) is 6.61. The van der Waals surface area contributed by atoms with Crippen LogP contribution in [-0.4, -0.2) is 53.1 Å². The van der Waals surface area contributed by atoms with Crippen LogP contribution in [0.4, 0.5) is 23.2 Å². The van der Waals surface area contributed by atoms with Gasteiger partial charge in [0.1, 0.15) is 18.0 Å². The number of nitrogens with zero attached hydrogens (tertiary/aromatic N) is 4. The molecule has 2 fully saturated rings. The van der Waals surface area contributed by atoms with Crippen molar-refractivity contribution >= 4 is 34.6 Å². The first kappa shape index (κ1) is 23.4. The molecule has 1 saturated heterocycles. The summed E-state index contributed by atoms with van der Waals surface area (Å²) in [6.07, 6.45) is -3.14. The average molecular weight is 511 g/mol. The molecule has 3 heterocycles. The van der Waals surface area contributed by atoms with Crippen LogP contribution in [0.25, 0.3) is 5.52 Å². The molecule has 5 rings (SSSR count). The highest BCUT2D eigenvalue weighted by atomic mass is 35.5. The van der Waals surface area contributed by atoms with Crippen LogP contribution in [0.2, 0.25) is 5.02 Å². The molecule has 0 bridgehead atoms. The number of ether oxygens (including phenoxy) is 1. The number of hydrogen-bond donors (Lipinski definition) is 0. The normalized spacial score (nSPS) is 16.8. The summed E-state index contributed by atoms with van der Waals surface area (Å²) in [5, 5.41) is 3.68. The number of alkyl halides is 3. The number of benzene rings is 1. The molecule has 12 heteroatoms. The zero-order chi connectivity index (χ0) is 25.1. The van der Waals surface area contributed by atoms with Gasteiger partial charge in [-0.15, -0.1) is 0 Å². The number of halogens is 5. The first-order valence-electron chi connectivity index (χ1n) is 10.8.